The maximum Gasteiger partial charge on any atom is 0.303 e. The molecular weight excluding hydrogens is 540 g/mol. The van der Waals surface area contributed by atoms with Gasteiger partial charge in [-0.1, -0.05) is 18.2 Å². The Kier molecular flexibility index (Phi) is 9.30. The first-order valence-corrected chi connectivity index (χ1v) is 12.6. The van der Waals surface area contributed by atoms with E-state index in [-0.39, 0.29) is 18.2 Å². The van der Waals surface area contributed by atoms with Crippen molar-refractivity contribution >= 4 is 23.9 Å². The summed E-state index contributed by atoms with van der Waals surface area (Å²) in [5.74, 6) is -1.90. The molecular formula is C28H28N2O11. The van der Waals surface area contributed by atoms with Crippen LogP contribution >= 0.6 is 0 Å². The quantitative estimate of drug-likeness (QED) is 0.274. The molecule has 1 fully saturated rings. The Morgan fingerprint density at radius 1 is 0.683 bits per heavy atom. The first-order chi connectivity index (χ1) is 19.6. The van der Waals surface area contributed by atoms with Crippen LogP contribution in [-0.2, 0) is 42.9 Å². The molecule has 0 unspecified atom stereocenters. The molecule has 0 radical (unpaired) electrons. The van der Waals surface area contributed by atoms with Crippen molar-refractivity contribution in [2.45, 2.75) is 58.4 Å². The molecule has 2 aromatic carbocycles. The van der Waals surface area contributed by atoms with Gasteiger partial charge in [0.25, 0.3) is 0 Å². The van der Waals surface area contributed by atoms with Gasteiger partial charge < -0.3 is 32.8 Å². The number of benzene rings is 2. The second-order valence-corrected chi connectivity index (χ2v) is 8.99. The molecule has 0 aliphatic carbocycles. The zero-order valence-electron chi connectivity index (χ0n) is 22.7. The summed E-state index contributed by atoms with van der Waals surface area (Å²) in [5, 5.41) is 8.18. The molecule has 4 rings (SSSR count). The van der Waals surface area contributed by atoms with E-state index < -0.39 is 54.6 Å². The van der Waals surface area contributed by atoms with E-state index in [1.165, 1.54) is 6.92 Å². The molecule has 0 N–H and O–H groups in total. The van der Waals surface area contributed by atoms with Crippen molar-refractivity contribution in [3.05, 3.63) is 54.6 Å². The number of aromatic nitrogens is 2. The molecule has 2 heterocycles. The van der Waals surface area contributed by atoms with Gasteiger partial charge in [0.2, 0.25) is 24.2 Å². The highest BCUT2D eigenvalue weighted by Crippen LogP contribution is 2.32. The highest BCUT2D eigenvalue weighted by atomic mass is 16.7. The van der Waals surface area contributed by atoms with Crippen molar-refractivity contribution in [3.63, 3.8) is 0 Å². The van der Waals surface area contributed by atoms with E-state index in [1.54, 1.807) is 24.3 Å². The zero-order chi connectivity index (χ0) is 29.5. The van der Waals surface area contributed by atoms with Crippen molar-refractivity contribution in [2.24, 2.45) is 0 Å². The molecule has 0 spiro atoms. The van der Waals surface area contributed by atoms with Gasteiger partial charge >= 0.3 is 23.9 Å². The molecule has 13 nitrogen and oxygen atoms in total. The average Bonchev–Trinajstić information content (AvgIpc) is 3.41. The average molecular weight is 569 g/mol. The lowest BCUT2D eigenvalue weighted by Crippen LogP contribution is -2.63. The Bertz CT molecular complexity index is 1370. The van der Waals surface area contributed by atoms with E-state index in [2.05, 4.69) is 10.2 Å². The highest BCUT2D eigenvalue weighted by Gasteiger charge is 2.53. The summed E-state index contributed by atoms with van der Waals surface area (Å²) in [5.41, 5.74) is 1.38. The lowest BCUT2D eigenvalue weighted by atomic mass is 9.98. The summed E-state index contributed by atoms with van der Waals surface area (Å²) in [6, 6.07) is 15.8. The largest absolute Gasteiger partial charge is 0.463 e. The smallest absolute Gasteiger partial charge is 0.303 e. The van der Waals surface area contributed by atoms with Crippen LogP contribution < -0.4 is 4.74 Å². The molecule has 41 heavy (non-hydrogen) atoms. The number of nitrogens with zero attached hydrogens (tertiary/aromatic N) is 2. The standard InChI is InChI=1S/C28H28N2O11/c1-15(31)35-14-22-23(36-16(2)32)24(37-17(3)33)25(38-18(4)34)28(40-22)39-21-12-10-20(11-13-21)27-30-29-26(41-27)19-8-6-5-7-9-19/h5-13,22-25,28H,14H2,1-4H3/t22-,23-,24+,25-,28-/m1/s1. The van der Waals surface area contributed by atoms with Crippen molar-refractivity contribution in [2.75, 3.05) is 6.61 Å². The number of carbonyl (C=O) groups excluding carboxylic acids is 4. The number of hydrogen-bond donors (Lipinski definition) is 0. The zero-order valence-corrected chi connectivity index (χ0v) is 22.7. The predicted octanol–water partition coefficient (Wildman–Crippen LogP) is 2.87. The van der Waals surface area contributed by atoms with Crippen molar-refractivity contribution < 1.29 is 52.0 Å². The Morgan fingerprint density at radius 2 is 1.22 bits per heavy atom. The minimum Gasteiger partial charge on any atom is -0.463 e. The lowest BCUT2D eigenvalue weighted by molar-refractivity contribution is -0.288. The Labute approximate surface area is 234 Å². The van der Waals surface area contributed by atoms with Crippen LogP contribution in [-0.4, -0.2) is 71.4 Å². The second-order valence-electron chi connectivity index (χ2n) is 8.99. The summed E-state index contributed by atoms with van der Waals surface area (Å²) >= 11 is 0. The second kappa shape index (κ2) is 13.0. The predicted molar refractivity (Wildman–Crippen MR) is 138 cm³/mol. The van der Waals surface area contributed by atoms with Crippen LogP contribution in [0, 0.1) is 0 Å². The molecule has 1 aliphatic heterocycles. The van der Waals surface area contributed by atoms with E-state index in [9.17, 15) is 19.2 Å². The van der Waals surface area contributed by atoms with E-state index >= 15 is 0 Å². The van der Waals surface area contributed by atoms with Gasteiger partial charge in [-0.25, -0.2) is 0 Å². The van der Waals surface area contributed by atoms with E-state index in [1.807, 2.05) is 30.3 Å². The number of hydrogen-bond acceptors (Lipinski definition) is 13. The summed E-state index contributed by atoms with van der Waals surface area (Å²) in [6.07, 6.45) is -6.45. The van der Waals surface area contributed by atoms with Crippen LogP contribution in [0.5, 0.6) is 5.75 Å². The molecule has 0 saturated carbocycles. The van der Waals surface area contributed by atoms with Gasteiger partial charge in [-0.15, -0.1) is 10.2 Å². The van der Waals surface area contributed by atoms with Crippen LogP contribution in [0.3, 0.4) is 0 Å². The highest BCUT2D eigenvalue weighted by molar-refractivity contribution is 5.69. The SMILES string of the molecule is CC(=O)OC[C@H]1O[C@@H](Oc2ccc(-c3nnc(-c4ccccc4)o3)cc2)[C@H](OC(C)=O)[C@@H](OC(C)=O)[C@@H]1OC(C)=O. The van der Waals surface area contributed by atoms with Gasteiger partial charge in [0.1, 0.15) is 18.5 Å². The first kappa shape index (κ1) is 29.2. The number of ether oxygens (including phenoxy) is 6. The monoisotopic (exact) mass is 568 g/mol. The third kappa shape index (κ3) is 7.66. The number of esters is 4. The number of rotatable bonds is 9. The van der Waals surface area contributed by atoms with Crippen molar-refractivity contribution in [1.29, 1.82) is 0 Å². The molecule has 13 heteroatoms. The maximum atomic E-state index is 12.0. The van der Waals surface area contributed by atoms with Gasteiger partial charge in [-0.3, -0.25) is 19.2 Å². The third-order valence-electron chi connectivity index (χ3n) is 5.75. The molecule has 3 aromatic rings. The maximum absolute atomic E-state index is 12.0. The third-order valence-corrected chi connectivity index (χ3v) is 5.75. The summed E-state index contributed by atoms with van der Waals surface area (Å²) in [7, 11) is 0. The molecule has 5 atom stereocenters. The van der Waals surface area contributed by atoms with Gasteiger partial charge in [-0.2, -0.15) is 0 Å². The molecule has 1 saturated heterocycles. The van der Waals surface area contributed by atoms with Crippen LogP contribution in [0.25, 0.3) is 22.9 Å². The van der Waals surface area contributed by atoms with Gasteiger partial charge in [0, 0.05) is 38.8 Å². The molecule has 0 bridgehead atoms. The summed E-state index contributed by atoms with van der Waals surface area (Å²) < 4.78 is 39.0. The van der Waals surface area contributed by atoms with Crippen molar-refractivity contribution in [3.8, 4) is 28.7 Å². The molecule has 1 aliphatic rings. The van der Waals surface area contributed by atoms with Crippen LogP contribution in [0.4, 0.5) is 0 Å². The number of carbonyl (C=O) groups is 4. The molecule has 216 valence electrons. The van der Waals surface area contributed by atoms with Crippen LogP contribution in [0.1, 0.15) is 27.7 Å². The molecule has 1 aromatic heterocycles. The fraction of sp³-hybridized carbons (Fsp3) is 0.357. The lowest BCUT2D eigenvalue weighted by Gasteiger charge is -2.43. The Hall–Kier alpha value is -4.78. The van der Waals surface area contributed by atoms with Gasteiger partial charge in [0.15, 0.2) is 12.2 Å². The fourth-order valence-electron chi connectivity index (χ4n) is 4.13. The van der Waals surface area contributed by atoms with Crippen LogP contribution in [0.15, 0.2) is 59.0 Å². The van der Waals surface area contributed by atoms with Crippen LogP contribution in [0.2, 0.25) is 0 Å². The van der Waals surface area contributed by atoms with E-state index in [0.29, 0.717) is 11.5 Å². The van der Waals surface area contributed by atoms with E-state index in [4.69, 9.17) is 32.8 Å². The fourth-order valence-corrected chi connectivity index (χ4v) is 4.13. The summed E-state index contributed by atoms with van der Waals surface area (Å²) in [6.45, 7) is 4.26. The van der Waals surface area contributed by atoms with Crippen molar-refractivity contribution in [1.82, 2.24) is 10.2 Å². The van der Waals surface area contributed by atoms with Gasteiger partial charge in [0.05, 0.1) is 0 Å². The topological polar surface area (TPSA) is 163 Å². The molecule has 0 amide bonds. The minimum atomic E-state index is -1.35. The Morgan fingerprint density at radius 3 is 1.78 bits per heavy atom. The minimum absolute atomic E-state index is 0.275. The first-order valence-electron chi connectivity index (χ1n) is 12.6. The normalized spacial score (nSPS) is 21.8. The Balaban J connectivity index is 1.59. The summed E-state index contributed by atoms with van der Waals surface area (Å²) in [4.78, 5) is 47.4. The van der Waals surface area contributed by atoms with E-state index in [0.717, 1.165) is 26.3 Å². The van der Waals surface area contributed by atoms with Gasteiger partial charge in [-0.05, 0) is 36.4 Å².